The van der Waals surface area contributed by atoms with Crippen molar-refractivity contribution in [3.8, 4) is 0 Å². The molecule has 37 heavy (non-hydrogen) atoms. The number of halogens is 4. The van der Waals surface area contributed by atoms with Crippen LogP contribution in [0.2, 0.25) is 0 Å². The first kappa shape index (κ1) is 28.2. The molecule has 1 aliphatic heterocycles. The molecule has 2 heterocycles. The van der Waals surface area contributed by atoms with Gasteiger partial charge in [0.15, 0.2) is 0 Å². The first-order chi connectivity index (χ1) is 17.2. The van der Waals surface area contributed by atoms with Crippen LogP contribution in [0.25, 0.3) is 0 Å². The number of hydrogen-bond donors (Lipinski definition) is 2. The van der Waals surface area contributed by atoms with Gasteiger partial charge in [-0.2, -0.15) is 13.2 Å². The van der Waals surface area contributed by atoms with Crippen LogP contribution in [0.5, 0.6) is 0 Å². The lowest BCUT2D eigenvalue weighted by molar-refractivity contribution is -0.138. The summed E-state index contributed by atoms with van der Waals surface area (Å²) in [6.45, 7) is 1.99. The SMILES string of the molecule is C.NC(=O)Cc1cc(F)ccc1CCc1nc(Cc2ccc(C3CCNCC3)cc2)ncc1C(F)(F)F. The van der Waals surface area contributed by atoms with Gasteiger partial charge in [0.25, 0.3) is 0 Å². The van der Waals surface area contributed by atoms with Crippen LogP contribution in [0.3, 0.4) is 0 Å². The van der Waals surface area contributed by atoms with E-state index in [9.17, 15) is 22.4 Å². The summed E-state index contributed by atoms with van der Waals surface area (Å²) in [5.74, 6) is -0.376. The van der Waals surface area contributed by atoms with Crippen LogP contribution in [0, 0.1) is 5.82 Å². The van der Waals surface area contributed by atoms with E-state index in [2.05, 4.69) is 27.4 Å². The lowest BCUT2D eigenvalue weighted by atomic mass is 9.89. The summed E-state index contributed by atoms with van der Waals surface area (Å²) < 4.78 is 54.6. The molecule has 1 aliphatic rings. The fourth-order valence-corrected chi connectivity index (χ4v) is 4.66. The van der Waals surface area contributed by atoms with E-state index < -0.39 is 23.5 Å². The number of piperidine rings is 1. The number of nitrogens with one attached hydrogen (secondary N) is 1. The molecule has 198 valence electrons. The van der Waals surface area contributed by atoms with Crippen molar-refractivity contribution >= 4 is 5.91 Å². The fourth-order valence-electron chi connectivity index (χ4n) is 4.66. The largest absolute Gasteiger partial charge is 0.419 e. The number of carbonyl (C=O) groups is 1. The molecular formula is C28H32F4N4O. The Morgan fingerprint density at radius 1 is 1.03 bits per heavy atom. The molecular weight excluding hydrogens is 484 g/mol. The van der Waals surface area contributed by atoms with Crippen LogP contribution in [-0.4, -0.2) is 29.0 Å². The Kier molecular flexibility index (Phi) is 9.37. The second-order valence-corrected chi connectivity index (χ2v) is 9.14. The molecule has 0 unspecified atom stereocenters. The third kappa shape index (κ3) is 7.58. The van der Waals surface area contributed by atoms with E-state index in [0.717, 1.165) is 37.7 Å². The maximum Gasteiger partial charge on any atom is 0.419 e. The molecule has 1 amide bonds. The Morgan fingerprint density at radius 3 is 2.38 bits per heavy atom. The first-order valence-electron chi connectivity index (χ1n) is 12.0. The monoisotopic (exact) mass is 516 g/mol. The summed E-state index contributed by atoms with van der Waals surface area (Å²) in [5, 5.41) is 3.35. The van der Waals surface area contributed by atoms with Gasteiger partial charge in [-0.3, -0.25) is 4.79 Å². The van der Waals surface area contributed by atoms with Gasteiger partial charge in [-0.15, -0.1) is 0 Å². The lowest BCUT2D eigenvalue weighted by Gasteiger charge is -2.23. The number of nitrogens with zero attached hydrogens (tertiary/aromatic N) is 2. The van der Waals surface area contributed by atoms with Gasteiger partial charge in [0.05, 0.1) is 17.7 Å². The summed E-state index contributed by atoms with van der Waals surface area (Å²) in [6.07, 6.45) is -1.40. The van der Waals surface area contributed by atoms with Crippen LogP contribution >= 0.6 is 0 Å². The van der Waals surface area contributed by atoms with Crippen molar-refractivity contribution < 1.29 is 22.4 Å². The number of carbonyl (C=O) groups excluding carboxylic acids is 1. The number of aryl methyl sites for hydroxylation is 2. The molecule has 1 fully saturated rings. The Labute approximate surface area is 214 Å². The number of hydrogen-bond acceptors (Lipinski definition) is 4. The molecule has 5 nitrogen and oxygen atoms in total. The first-order valence-corrected chi connectivity index (χ1v) is 12.0. The predicted molar refractivity (Wildman–Crippen MR) is 135 cm³/mol. The molecule has 9 heteroatoms. The number of amides is 1. The maximum absolute atomic E-state index is 13.7. The average molecular weight is 517 g/mol. The lowest BCUT2D eigenvalue weighted by Crippen LogP contribution is -2.26. The minimum atomic E-state index is -4.61. The molecule has 0 atom stereocenters. The Morgan fingerprint density at radius 2 is 1.73 bits per heavy atom. The van der Waals surface area contributed by atoms with E-state index in [1.165, 1.54) is 23.8 Å². The van der Waals surface area contributed by atoms with E-state index in [0.29, 0.717) is 29.3 Å². The predicted octanol–water partition coefficient (Wildman–Crippen LogP) is 5.14. The van der Waals surface area contributed by atoms with Crippen LogP contribution in [-0.2, 0) is 36.7 Å². The standard InChI is InChI=1S/C27H28F4N4O.CH4/c28-22-7-5-19(21(14-22)15-25(32)36)6-8-24-23(27(29,30)31)16-34-26(35-24)13-17-1-3-18(4-2-17)20-9-11-33-12-10-20;/h1-5,7,14,16,20,33H,6,8-13,15H2,(H2,32,36);1H4. The summed E-state index contributed by atoms with van der Waals surface area (Å²) in [7, 11) is 0. The highest BCUT2D eigenvalue weighted by Crippen LogP contribution is 2.32. The van der Waals surface area contributed by atoms with Crippen molar-refractivity contribution in [1.29, 1.82) is 0 Å². The summed E-state index contributed by atoms with van der Waals surface area (Å²) in [6, 6.07) is 12.0. The van der Waals surface area contributed by atoms with Crippen molar-refractivity contribution in [2.45, 2.75) is 58.0 Å². The van der Waals surface area contributed by atoms with E-state index in [1.54, 1.807) is 0 Å². The number of benzene rings is 2. The molecule has 0 radical (unpaired) electrons. The number of nitrogens with two attached hydrogens (primary N) is 1. The van der Waals surface area contributed by atoms with Gasteiger partial charge in [0.1, 0.15) is 11.6 Å². The molecule has 3 aromatic rings. The third-order valence-corrected chi connectivity index (χ3v) is 6.54. The zero-order chi connectivity index (χ0) is 25.7. The van der Waals surface area contributed by atoms with Gasteiger partial charge in [-0.1, -0.05) is 37.8 Å². The number of alkyl halides is 3. The van der Waals surface area contributed by atoms with Crippen molar-refractivity contribution in [1.82, 2.24) is 15.3 Å². The van der Waals surface area contributed by atoms with Crippen molar-refractivity contribution in [3.63, 3.8) is 0 Å². The highest BCUT2D eigenvalue weighted by molar-refractivity contribution is 5.77. The third-order valence-electron chi connectivity index (χ3n) is 6.54. The Bertz CT molecular complexity index is 1210. The van der Waals surface area contributed by atoms with Gasteiger partial charge in [0.2, 0.25) is 5.91 Å². The van der Waals surface area contributed by atoms with Gasteiger partial charge >= 0.3 is 6.18 Å². The molecule has 0 bridgehead atoms. The van der Waals surface area contributed by atoms with Gasteiger partial charge in [-0.05, 0) is 79.1 Å². The van der Waals surface area contributed by atoms with E-state index >= 15 is 0 Å². The molecule has 0 aliphatic carbocycles. The molecule has 1 aromatic heterocycles. The smallest absolute Gasteiger partial charge is 0.369 e. The number of rotatable bonds is 8. The van der Waals surface area contributed by atoms with Crippen LogP contribution in [0.15, 0.2) is 48.7 Å². The van der Waals surface area contributed by atoms with Crippen LogP contribution in [0.4, 0.5) is 17.6 Å². The minimum Gasteiger partial charge on any atom is -0.369 e. The van der Waals surface area contributed by atoms with Crippen LogP contribution in [0.1, 0.15) is 65.5 Å². The quantitative estimate of drug-likeness (QED) is 0.406. The zero-order valence-corrected chi connectivity index (χ0v) is 19.7. The van der Waals surface area contributed by atoms with Gasteiger partial charge in [-0.25, -0.2) is 14.4 Å². The second-order valence-electron chi connectivity index (χ2n) is 9.14. The topological polar surface area (TPSA) is 80.9 Å². The normalized spacial score (nSPS) is 14.3. The van der Waals surface area contributed by atoms with Crippen molar-refractivity contribution in [3.05, 3.63) is 93.8 Å². The second kappa shape index (κ2) is 12.3. The van der Waals surface area contributed by atoms with E-state index in [-0.39, 0.29) is 32.4 Å². The molecule has 0 saturated carbocycles. The number of primary amides is 1. The highest BCUT2D eigenvalue weighted by Gasteiger charge is 2.34. The summed E-state index contributed by atoms with van der Waals surface area (Å²) in [5.41, 5.74) is 7.31. The van der Waals surface area contributed by atoms with Gasteiger partial charge in [0, 0.05) is 12.6 Å². The molecule has 0 spiro atoms. The van der Waals surface area contributed by atoms with E-state index in [4.69, 9.17) is 5.73 Å². The average Bonchev–Trinajstić information content (AvgIpc) is 2.84. The van der Waals surface area contributed by atoms with Crippen LogP contribution < -0.4 is 11.1 Å². The number of aromatic nitrogens is 2. The molecule has 4 rings (SSSR count). The zero-order valence-electron chi connectivity index (χ0n) is 19.7. The molecule has 1 saturated heterocycles. The summed E-state index contributed by atoms with van der Waals surface area (Å²) in [4.78, 5) is 19.6. The van der Waals surface area contributed by atoms with Crippen molar-refractivity contribution in [2.24, 2.45) is 5.73 Å². The minimum absolute atomic E-state index is 0. The van der Waals surface area contributed by atoms with E-state index in [1.807, 2.05) is 12.1 Å². The molecule has 3 N–H and O–H groups in total. The maximum atomic E-state index is 13.7. The Balaban J connectivity index is 0.00000380. The fraction of sp³-hybridized carbons (Fsp3) is 0.393. The van der Waals surface area contributed by atoms with Gasteiger partial charge < -0.3 is 11.1 Å². The Hall–Kier alpha value is -3.33. The summed E-state index contributed by atoms with van der Waals surface area (Å²) >= 11 is 0. The van der Waals surface area contributed by atoms with Crippen molar-refractivity contribution in [2.75, 3.05) is 13.1 Å². The molecule has 2 aromatic carbocycles. The highest BCUT2D eigenvalue weighted by atomic mass is 19.4.